The molecule has 3 atom stereocenters. The fraction of sp³-hybridized carbons (Fsp3) is 1.00. The summed E-state index contributed by atoms with van der Waals surface area (Å²) in [5, 5.41) is 4.00. The Kier molecular flexibility index (Phi) is 3.89. The van der Waals surface area contributed by atoms with Gasteiger partial charge in [0, 0.05) is 37.3 Å². The third-order valence-electron chi connectivity index (χ3n) is 5.53. The number of nitrogens with zero attached hydrogens (tertiary/aromatic N) is 2. The van der Waals surface area contributed by atoms with Gasteiger partial charge in [-0.25, -0.2) is 0 Å². The van der Waals surface area contributed by atoms with Crippen LogP contribution in [-0.2, 0) is 0 Å². The zero-order chi connectivity index (χ0) is 13.5. The smallest absolute Gasteiger partial charge is 0.0125 e. The van der Waals surface area contributed by atoms with Gasteiger partial charge in [0.2, 0.25) is 0 Å². The van der Waals surface area contributed by atoms with Crippen molar-refractivity contribution in [3.8, 4) is 0 Å². The summed E-state index contributed by atoms with van der Waals surface area (Å²) in [5.74, 6) is 0.939. The maximum absolute atomic E-state index is 4.00. The maximum atomic E-state index is 4.00. The van der Waals surface area contributed by atoms with Gasteiger partial charge >= 0.3 is 0 Å². The van der Waals surface area contributed by atoms with Crippen LogP contribution in [0.3, 0.4) is 0 Å². The van der Waals surface area contributed by atoms with Crippen molar-refractivity contribution in [3.63, 3.8) is 0 Å². The lowest BCUT2D eigenvalue weighted by molar-refractivity contribution is 0.0883. The van der Waals surface area contributed by atoms with Crippen LogP contribution in [-0.4, -0.2) is 60.1 Å². The summed E-state index contributed by atoms with van der Waals surface area (Å²) in [6, 6.07) is 1.58. The average molecular weight is 265 g/mol. The van der Waals surface area contributed by atoms with Gasteiger partial charge in [-0.3, -0.25) is 4.90 Å². The van der Waals surface area contributed by atoms with E-state index < -0.39 is 0 Å². The molecule has 2 bridgehead atoms. The lowest BCUT2D eigenvalue weighted by atomic mass is 9.91. The lowest BCUT2D eigenvalue weighted by Gasteiger charge is -2.43. The largest absolute Gasteiger partial charge is 0.311 e. The molecule has 110 valence electrons. The summed E-state index contributed by atoms with van der Waals surface area (Å²) >= 11 is 0. The predicted molar refractivity (Wildman–Crippen MR) is 80.4 cm³/mol. The Morgan fingerprint density at radius 1 is 0.895 bits per heavy atom. The molecule has 19 heavy (non-hydrogen) atoms. The van der Waals surface area contributed by atoms with Crippen molar-refractivity contribution >= 4 is 0 Å². The Morgan fingerprint density at radius 3 is 2.26 bits per heavy atom. The molecule has 1 N–H and O–H groups in total. The Bertz CT molecular complexity index is 302. The highest BCUT2D eigenvalue weighted by Gasteiger charge is 2.36. The molecule has 3 saturated heterocycles. The number of nitrogens with one attached hydrogen (secondary N) is 1. The molecule has 0 amide bonds. The van der Waals surface area contributed by atoms with Crippen molar-refractivity contribution in [3.05, 3.63) is 0 Å². The number of piperidine rings is 2. The van der Waals surface area contributed by atoms with E-state index in [1.807, 2.05) is 0 Å². The second kappa shape index (κ2) is 5.34. The standard InChI is InChI=1S/C16H31N3/c1-16(2,3)19-10-5-14(6-11-19)17-15-7-9-18-8-4-13(15)12-18/h13-15,17H,4-12H2,1-3H3. The normalized spacial score (nSPS) is 37.7. The van der Waals surface area contributed by atoms with Gasteiger partial charge in [0.05, 0.1) is 0 Å². The summed E-state index contributed by atoms with van der Waals surface area (Å²) in [7, 11) is 0. The summed E-state index contributed by atoms with van der Waals surface area (Å²) in [4.78, 5) is 5.29. The maximum Gasteiger partial charge on any atom is 0.0125 e. The highest BCUT2D eigenvalue weighted by atomic mass is 15.2. The minimum Gasteiger partial charge on any atom is -0.311 e. The summed E-state index contributed by atoms with van der Waals surface area (Å²) < 4.78 is 0. The van der Waals surface area contributed by atoms with Crippen molar-refractivity contribution in [1.82, 2.24) is 15.1 Å². The van der Waals surface area contributed by atoms with E-state index >= 15 is 0 Å². The summed E-state index contributed by atoms with van der Waals surface area (Å²) in [5.41, 5.74) is 0.349. The molecule has 3 nitrogen and oxygen atoms in total. The minimum atomic E-state index is 0.349. The van der Waals surface area contributed by atoms with Crippen LogP contribution < -0.4 is 5.32 Å². The molecule has 0 aromatic heterocycles. The molecule has 0 saturated carbocycles. The van der Waals surface area contributed by atoms with Gasteiger partial charge in [-0.15, -0.1) is 0 Å². The molecule has 3 heterocycles. The number of likely N-dealkylation sites (tertiary alicyclic amines) is 1. The van der Waals surface area contributed by atoms with Gasteiger partial charge in [-0.2, -0.15) is 0 Å². The molecule has 0 radical (unpaired) electrons. The monoisotopic (exact) mass is 265 g/mol. The van der Waals surface area contributed by atoms with Crippen LogP contribution >= 0.6 is 0 Å². The first-order valence-electron chi connectivity index (χ1n) is 8.26. The molecule has 0 aliphatic carbocycles. The number of hydrogen-bond donors (Lipinski definition) is 1. The zero-order valence-electron chi connectivity index (χ0n) is 13.0. The van der Waals surface area contributed by atoms with E-state index in [9.17, 15) is 0 Å². The first-order chi connectivity index (χ1) is 9.02. The second-order valence-electron chi connectivity index (χ2n) is 7.84. The van der Waals surface area contributed by atoms with Crippen LogP contribution in [0.5, 0.6) is 0 Å². The van der Waals surface area contributed by atoms with E-state index in [0.717, 1.165) is 18.0 Å². The van der Waals surface area contributed by atoms with Crippen molar-refractivity contribution in [2.24, 2.45) is 5.92 Å². The first-order valence-corrected chi connectivity index (χ1v) is 8.26. The Hall–Kier alpha value is -0.120. The molecule has 3 aliphatic rings. The van der Waals surface area contributed by atoms with E-state index in [1.165, 1.54) is 58.4 Å². The van der Waals surface area contributed by atoms with Crippen LogP contribution in [0.25, 0.3) is 0 Å². The molecule has 3 unspecified atom stereocenters. The first kappa shape index (κ1) is 13.8. The van der Waals surface area contributed by atoms with Crippen LogP contribution in [0, 0.1) is 5.92 Å². The van der Waals surface area contributed by atoms with Gasteiger partial charge in [-0.1, -0.05) is 0 Å². The van der Waals surface area contributed by atoms with Crippen LogP contribution in [0.15, 0.2) is 0 Å². The van der Waals surface area contributed by atoms with E-state index in [1.54, 1.807) is 0 Å². The van der Waals surface area contributed by atoms with Gasteiger partial charge in [0.25, 0.3) is 0 Å². The fourth-order valence-electron chi connectivity index (χ4n) is 4.19. The Morgan fingerprint density at radius 2 is 1.58 bits per heavy atom. The summed E-state index contributed by atoms with van der Waals surface area (Å²) in [6.07, 6.45) is 5.48. The van der Waals surface area contributed by atoms with Crippen molar-refractivity contribution in [2.45, 2.75) is 64.1 Å². The molecule has 0 spiro atoms. The topological polar surface area (TPSA) is 18.5 Å². The third-order valence-corrected chi connectivity index (χ3v) is 5.53. The molecule has 3 rings (SSSR count). The van der Waals surface area contributed by atoms with E-state index in [4.69, 9.17) is 0 Å². The van der Waals surface area contributed by atoms with Gasteiger partial charge < -0.3 is 10.2 Å². The number of fused-ring (bicyclic) bond motifs is 2. The average Bonchev–Trinajstić information content (AvgIpc) is 2.75. The molecule has 0 aromatic carbocycles. The van der Waals surface area contributed by atoms with Gasteiger partial charge in [0.15, 0.2) is 0 Å². The molecular formula is C16H31N3. The SMILES string of the molecule is CC(C)(C)N1CCC(NC2CCN3CCC2C3)CC1. The number of rotatable bonds is 2. The Labute approximate surface area is 118 Å². The highest BCUT2D eigenvalue weighted by Crippen LogP contribution is 2.28. The Balaban J connectivity index is 1.47. The molecule has 3 fully saturated rings. The van der Waals surface area contributed by atoms with Crippen LogP contribution in [0.1, 0.15) is 46.5 Å². The van der Waals surface area contributed by atoms with Crippen molar-refractivity contribution < 1.29 is 0 Å². The molecular weight excluding hydrogens is 234 g/mol. The molecule has 0 aromatic rings. The van der Waals surface area contributed by atoms with Crippen LogP contribution in [0.4, 0.5) is 0 Å². The van der Waals surface area contributed by atoms with Gasteiger partial charge in [0.1, 0.15) is 0 Å². The van der Waals surface area contributed by atoms with Crippen molar-refractivity contribution in [1.29, 1.82) is 0 Å². The highest BCUT2D eigenvalue weighted by molar-refractivity contribution is 4.93. The third kappa shape index (κ3) is 3.14. The predicted octanol–water partition coefficient (Wildman–Crippen LogP) is 1.93. The summed E-state index contributed by atoms with van der Waals surface area (Å²) in [6.45, 7) is 13.6. The second-order valence-corrected chi connectivity index (χ2v) is 7.84. The van der Waals surface area contributed by atoms with Crippen molar-refractivity contribution in [2.75, 3.05) is 32.7 Å². The minimum absolute atomic E-state index is 0.349. The lowest BCUT2D eigenvalue weighted by Crippen LogP contribution is -2.54. The fourth-order valence-corrected chi connectivity index (χ4v) is 4.19. The van der Waals surface area contributed by atoms with Gasteiger partial charge in [-0.05, 0) is 65.5 Å². The molecule has 3 heteroatoms. The van der Waals surface area contributed by atoms with E-state index in [2.05, 4.69) is 35.9 Å². The number of hydrogen-bond acceptors (Lipinski definition) is 3. The quantitative estimate of drug-likeness (QED) is 0.823. The van der Waals surface area contributed by atoms with E-state index in [0.29, 0.717) is 5.54 Å². The van der Waals surface area contributed by atoms with Crippen LogP contribution in [0.2, 0.25) is 0 Å². The van der Waals surface area contributed by atoms with E-state index in [-0.39, 0.29) is 0 Å². The molecule has 3 aliphatic heterocycles. The zero-order valence-corrected chi connectivity index (χ0v) is 13.0.